The zero-order chi connectivity index (χ0) is 13.9. The predicted octanol–water partition coefficient (Wildman–Crippen LogP) is 4.29. The van der Waals surface area contributed by atoms with E-state index in [9.17, 15) is 0 Å². The SMILES string of the molecule is CCCC(N)c1cc(-c2cccc3ccccc23)no1. The minimum absolute atomic E-state index is 0.0729. The third-order valence-electron chi connectivity index (χ3n) is 3.56. The van der Waals surface area contributed by atoms with Gasteiger partial charge in [0.15, 0.2) is 5.76 Å². The molecule has 3 heteroatoms. The molecule has 1 atom stereocenters. The standard InChI is InChI=1S/C17H18N2O/c1-2-6-15(18)17-11-16(19-20-17)14-10-5-8-12-7-3-4-9-13(12)14/h3-5,7-11,15H,2,6,18H2,1H3. The fourth-order valence-electron chi connectivity index (χ4n) is 2.49. The summed E-state index contributed by atoms with van der Waals surface area (Å²) in [5, 5.41) is 6.57. The third kappa shape index (κ3) is 2.32. The van der Waals surface area contributed by atoms with E-state index in [1.165, 1.54) is 10.8 Å². The van der Waals surface area contributed by atoms with E-state index in [0.29, 0.717) is 0 Å². The van der Waals surface area contributed by atoms with Crippen LogP contribution in [0, 0.1) is 0 Å². The highest BCUT2D eigenvalue weighted by molar-refractivity contribution is 5.95. The van der Waals surface area contributed by atoms with Gasteiger partial charge in [-0.1, -0.05) is 61.0 Å². The molecule has 0 amide bonds. The monoisotopic (exact) mass is 266 g/mol. The molecule has 2 N–H and O–H groups in total. The van der Waals surface area contributed by atoms with Gasteiger partial charge in [-0.3, -0.25) is 0 Å². The first-order chi connectivity index (χ1) is 9.79. The highest BCUT2D eigenvalue weighted by atomic mass is 16.5. The molecule has 1 unspecified atom stereocenters. The molecule has 3 nitrogen and oxygen atoms in total. The van der Waals surface area contributed by atoms with E-state index < -0.39 is 0 Å². The number of aromatic nitrogens is 1. The van der Waals surface area contributed by atoms with Crippen molar-refractivity contribution in [3.8, 4) is 11.3 Å². The minimum Gasteiger partial charge on any atom is -0.359 e. The Balaban J connectivity index is 2.03. The molecule has 0 saturated carbocycles. The minimum atomic E-state index is -0.0729. The van der Waals surface area contributed by atoms with Crippen LogP contribution in [0.25, 0.3) is 22.0 Å². The van der Waals surface area contributed by atoms with Crippen LogP contribution in [0.5, 0.6) is 0 Å². The molecule has 0 saturated heterocycles. The molecule has 102 valence electrons. The van der Waals surface area contributed by atoms with Gasteiger partial charge >= 0.3 is 0 Å². The summed E-state index contributed by atoms with van der Waals surface area (Å²) < 4.78 is 5.41. The van der Waals surface area contributed by atoms with Crippen LogP contribution in [-0.2, 0) is 0 Å². The smallest absolute Gasteiger partial charge is 0.154 e. The van der Waals surface area contributed by atoms with Gasteiger partial charge in [0.2, 0.25) is 0 Å². The summed E-state index contributed by atoms with van der Waals surface area (Å²) in [6.45, 7) is 2.11. The van der Waals surface area contributed by atoms with Gasteiger partial charge in [-0.25, -0.2) is 0 Å². The fourth-order valence-corrected chi connectivity index (χ4v) is 2.49. The first-order valence-corrected chi connectivity index (χ1v) is 7.00. The van der Waals surface area contributed by atoms with E-state index in [1.807, 2.05) is 24.3 Å². The highest BCUT2D eigenvalue weighted by Crippen LogP contribution is 2.29. The average Bonchev–Trinajstić information content (AvgIpc) is 2.97. The van der Waals surface area contributed by atoms with Gasteiger partial charge in [0.25, 0.3) is 0 Å². The van der Waals surface area contributed by atoms with Crippen molar-refractivity contribution in [3.63, 3.8) is 0 Å². The first-order valence-electron chi connectivity index (χ1n) is 7.00. The fraction of sp³-hybridized carbons (Fsp3) is 0.235. The van der Waals surface area contributed by atoms with Crippen molar-refractivity contribution >= 4 is 10.8 Å². The molecule has 0 aliphatic rings. The molecule has 0 bridgehead atoms. The van der Waals surface area contributed by atoms with Crippen molar-refractivity contribution in [1.82, 2.24) is 5.16 Å². The summed E-state index contributed by atoms with van der Waals surface area (Å²) >= 11 is 0. The molecule has 0 aliphatic carbocycles. The zero-order valence-electron chi connectivity index (χ0n) is 11.5. The average molecular weight is 266 g/mol. The zero-order valence-corrected chi connectivity index (χ0v) is 11.5. The lowest BCUT2D eigenvalue weighted by Crippen LogP contribution is -2.08. The number of hydrogen-bond donors (Lipinski definition) is 1. The summed E-state index contributed by atoms with van der Waals surface area (Å²) in [4.78, 5) is 0. The summed E-state index contributed by atoms with van der Waals surface area (Å²) in [5.74, 6) is 0.759. The maximum atomic E-state index is 6.08. The lowest BCUT2D eigenvalue weighted by molar-refractivity contribution is 0.356. The van der Waals surface area contributed by atoms with Crippen LogP contribution in [0.2, 0.25) is 0 Å². The Labute approximate surface area is 118 Å². The third-order valence-corrected chi connectivity index (χ3v) is 3.56. The van der Waals surface area contributed by atoms with Gasteiger partial charge in [0.05, 0.1) is 6.04 Å². The van der Waals surface area contributed by atoms with Crippen LogP contribution < -0.4 is 5.73 Å². The van der Waals surface area contributed by atoms with E-state index >= 15 is 0 Å². The molecule has 1 heterocycles. The molecule has 3 aromatic rings. The first kappa shape index (κ1) is 12.9. The van der Waals surface area contributed by atoms with Crippen molar-refractivity contribution < 1.29 is 4.52 Å². The molecular weight excluding hydrogens is 248 g/mol. The van der Waals surface area contributed by atoms with Crippen LogP contribution in [0.1, 0.15) is 31.6 Å². The van der Waals surface area contributed by atoms with E-state index in [2.05, 4.69) is 36.3 Å². The van der Waals surface area contributed by atoms with Gasteiger partial charge in [-0.05, 0) is 17.2 Å². The second kappa shape index (κ2) is 5.47. The largest absolute Gasteiger partial charge is 0.359 e. The van der Waals surface area contributed by atoms with Crippen molar-refractivity contribution in [1.29, 1.82) is 0 Å². The molecular formula is C17H18N2O. The van der Waals surface area contributed by atoms with Gasteiger partial charge in [-0.2, -0.15) is 0 Å². The Morgan fingerprint density at radius 3 is 2.80 bits per heavy atom. The molecule has 0 fully saturated rings. The van der Waals surface area contributed by atoms with Gasteiger partial charge in [0.1, 0.15) is 5.69 Å². The van der Waals surface area contributed by atoms with E-state index in [4.69, 9.17) is 10.3 Å². The second-order valence-corrected chi connectivity index (χ2v) is 5.04. The summed E-state index contributed by atoms with van der Waals surface area (Å²) in [7, 11) is 0. The van der Waals surface area contributed by atoms with Crippen LogP contribution in [0.3, 0.4) is 0 Å². The summed E-state index contributed by atoms with van der Waals surface area (Å²) in [5.41, 5.74) is 8.01. The Morgan fingerprint density at radius 2 is 1.95 bits per heavy atom. The van der Waals surface area contributed by atoms with Gasteiger partial charge in [-0.15, -0.1) is 0 Å². The number of benzene rings is 2. The molecule has 20 heavy (non-hydrogen) atoms. The maximum Gasteiger partial charge on any atom is 0.154 e. The van der Waals surface area contributed by atoms with Crippen molar-refractivity contribution in [2.75, 3.05) is 0 Å². The molecule has 3 rings (SSSR count). The summed E-state index contributed by atoms with van der Waals surface area (Å²) in [6, 6.07) is 16.4. The topological polar surface area (TPSA) is 52.0 Å². The lowest BCUT2D eigenvalue weighted by atomic mass is 10.0. The Hall–Kier alpha value is -2.13. The van der Waals surface area contributed by atoms with E-state index in [-0.39, 0.29) is 6.04 Å². The van der Waals surface area contributed by atoms with Crippen molar-refractivity contribution in [2.24, 2.45) is 5.73 Å². The van der Waals surface area contributed by atoms with Crippen molar-refractivity contribution in [3.05, 3.63) is 54.3 Å². The quantitative estimate of drug-likeness (QED) is 0.766. The van der Waals surface area contributed by atoms with E-state index in [0.717, 1.165) is 29.9 Å². The Bertz CT molecular complexity index is 712. The van der Waals surface area contributed by atoms with Crippen LogP contribution in [0.15, 0.2) is 53.1 Å². The second-order valence-electron chi connectivity index (χ2n) is 5.04. The number of nitrogens with zero attached hydrogens (tertiary/aromatic N) is 1. The molecule has 0 aliphatic heterocycles. The van der Waals surface area contributed by atoms with Crippen LogP contribution in [0.4, 0.5) is 0 Å². The number of rotatable bonds is 4. The highest BCUT2D eigenvalue weighted by Gasteiger charge is 2.14. The van der Waals surface area contributed by atoms with E-state index in [1.54, 1.807) is 0 Å². The van der Waals surface area contributed by atoms with Gasteiger partial charge in [0, 0.05) is 11.6 Å². The van der Waals surface area contributed by atoms with Crippen molar-refractivity contribution in [2.45, 2.75) is 25.8 Å². The Kier molecular flexibility index (Phi) is 3.52. The molecule has 0 radical (unpaired) electrons. The summed E-state index contributed by atoms with van der Waals surface area (Å²) in [6.07, 6.45) is 1.94. The lowest BCUT2D eigenvalue weighted by Gasteiger charge is -2.04. The molecule has 1 aromatic heterocycles. The Morgan fingerprint density at radius 1 is 1.15 bits per heavy atom. The number of nitrogens with two attached hydrogens (primary N) is 1. The number of fused-ring (bicyclic) bond motifs is 1. The maximum absolute atomic E-state index is 6.08. The molecule has 2 aromatic carbocycles. The normalized spacial score (nSPS) is 12.7. The van der Waals surface area contributed by atoms with Crippen LogP contribution in [-0.4, -0.2) is 5.16 Å². The predicted molar refractivity (Wildman–Crippen MR) is 81.3 cm³/mol. The van der Waals surface area contributed by atoms with Gasteiger partial charge < -0.3 is 10.3 Å². The van der Waals surface area contributed by atoms with Crippen LogP contribution >= 0.6 is 0 Å². The molecule has 0 spiro atoms. The number of hydrogen-bond acceptors (Lipinski definition) is 3.